The summed E-state index contributed by atoms with van der Waals surface area (Å²) in [6, 6.07) is 4.00. The van der Waals surface area contributed by atoms with Crippen LogP contribution in [0.15, 0.2) is 22.8 Å². The lowest BCUT2D eigenvalue weighted by molar-refractivity contribution is -0.138. The predicted octanol–water partition coefficient (Wildman–Crippen LogP) is 2.09. The van der Waals surface area contributed by atoms with Gasteiger partial charge < -0.3 is 15.5 Å². The monoisotopic (exact) mass is 264 g/mol. The molecule has 1 aromatic rings. The molecule has 0 aliphatic heterocycles. The fraction of sp³-hybridized carbons (Fsp3) is 0.667. The van der Waals surface area contributed by atoms with E-state index in [0.29, 0.717) is 12.5 Å². The van der Waals surface area contributed by atoms with Crippen molar-refractivity contribution in [1.82, 2.24) is 5.32 Å². The molecule has 3 N–H and O–H groups in total. The number of carbonyl (C=O) groups excluding carboxylic acids is 1. The molecule has 1 amide bonds. The SMILES string of the molecule is CC1CC(CN)(C(=O)NC(C)CCc2ccco2)C1. The molecule has 0 bridgehead atoms. The maximum atomic E-state index is 12.3. The largest absolute Gasteiger partial charge is 0.469 e. The van der Waals surface area contributed by atoms with Crippen molar-refractivity contribution in [1.29, 1.82) is 0 Å². The summed E-state index contributed by atoms with van der Waals surface area (Å²) in [6.45, 7) is 4.66. The molecule has 0 saturated heterocycles. The van der Waals surface area contributed by atoms with E-state index >= 15 is 0 Å². The smallest absolute Gasteiger partial charge is 0.227 e. The third-order valence-electron chi connectivity index (χ3n) is 4.13. The molecule has 1 aromatic heterocycles. The number of hydrogen-bond donors (Lipinski definition) is 2. The van der Waals surface area contributed by atoms with Gasteiger partial charge in [0.25, 0.3) is 0 Å². The summed E-state index contributed by atoms with van der Waals surface area (Å²) in [6.07, 6.45) is 5.24. The number of amides is 1. The lowest BCUT2D eigenvalue weighted by Gasteiger charge is -2.44. The first-order valence-electron chi connectivity index (χ1n) is 7.09. The number of aryl methyl sites for hydroxylation is 1. The molecular formula is C15H24N2O2. The van der Waals surface area contributed by atoms with Crippen LogP contribution in [0.5, 0.6) is 0 Å². The molecule has 1 fully saturated rings. The summed E-state index contributed by atoms with van der Waals surface area (Å²) in [7, 11) is 0. The van der Waals surface area contributed by atoms with Crippen molar-refractivity contribution in [2.24, 2.45) is 17.1 Å². The average Bonchev–Trinajstić information content (AvgIpc) is 2.85. The van der Waals surface area contributed by atoms with E-state index in [1.165, 1.54) is 0 Å². The number of nitrogens with one attached hydrogen (secondary N) is 1. The van der Waals surface area contributed by atoms with Gasteiger partial charge in [-0.3, -0.25) is 4.79 Å². The van der Waals surface area contributed by atoms with Crippen LogP contribution in [-0.4, -0.2) is 18.5 Å². The Balaban J connectivity index is 1.78. The van der Waals surface area contributed by atoms with Gasteiger partial charge in [-0.2, -0.15) is 0 Å². The van der Waals surface area contributed by atoms with Crippen molar-refractivity contribution in [2.75, 3.05) is 6.54 Å². The minimum atomic E-state index is -0.307. The van der Waals surface area contributed by atoms with Crippen LogP contribution in [0.2, 0.25) is 0 Å². The highest BCUT2D eigenvalue weighted by atomic mass is 16.3. The lowest BCUT2D eigenvalue weighted by Crippen LogP contribution is -2.55. The molecule has 4 heteroatoms. The Morgan fingerprint density at radius 3 is 2.89 bits per heavy atom. The highest BCUT2D eigenvalue weighted by Gasteiger charge is 2.47. The van der Waals surface area contributed by atoms with Gasteiger partial charge in [0.1, 0.15) is 5.76 Å². The summed E-state index contributed by atoms with van der Waals surface area (Å²) in [4.78, 5) is 12.3. The third-order valence-corrected chi connectivity index (χ3v) is 4.13. The highest BCUT2D eigenvalue weighted by molar-refractivity contribution is 5.84. The topological polar surface area (TPSA) is 68.3 Å². The van der Waals surface area contributed by atoms with E-state index < -0.39 is 0 Å². The van der Waals surface area contributed by atoms with E-state index in [0.717, 1.165) is 31.4 Å². The molecule has 1 unspecified atom stereocenters. The van der Waals surface area contributed by atoms with Crippen molar-refractivity contribution in [3.05, 3.63) is 24.2 Å². The van der Waals surface area contributed by atoms with Gasteiger partial charge in [-0.25, -0.2) is 0 Å². The molecule has 1 atom stereocenters. The third kappa shape index (κ3) is 3.18. The quantitative estimate of drug-likeness (QED) is 0.826. The van der Waals surface area contributed by atoms with Crippen molar-refractivity contribution in [3.63, 3.8) is 0 Å². The number of carbonyl (C=O) groups is 1. The Kier molecular flexibility index (Phi) is 4.30. The highest BCUT2D eigenvalue weighted by Crippen LogP contribution is 2.44. The summed E-state index contributed by atoms with van der Waals surface area (Å²) in [5, 5.41) is 3.10. The Morgan fingerprint density at radius 2 is 2.37 bits per heavy atom. The molecule has 1 saturated carbocycles. The van der Waals surface area contributed by atoms with E-state index in [4.69, 9.17) is 10.2 Å². The first kappa shape index (κ1) is 14.1. The van der Waals surface area contributed by atoms with E-state index in [9.17, 15) is 4.79 Å². The first-order valence-corrected chi connectivity index (χ1v) is 7.09. The zero-order valence-corrected chi connectivity index (χ0v) is 11.8. The minimum absolute atomic E-state index is 0.125. The van der Waals surface area contributed by atoms with E-state index in [1.54, 1.807) is 6.26 Å². The number of furan rings is 1. The molecule has 0 aromatic carbocycles. The van der Waals surface area contributed by atoms with Gasteiger partial charge in [-0.05, 0) is 44.2 Å². The average molecular weight is 264 g/mol. The van der Waals surface area contributed by atoms with Gasteiger partial charge in [-0.15, -0.1) is 0 Å². The Bertz CT molecular complexity index is 408. The molecule has 106 valence electrons. The van der Waals surface area contributed by atoms with Crippen LogP contribution < -0.4 is 11.1 Å². The number of nitrogens with two attached hydrogens (primary N) is 1. The molecule has 2 rings (SSSR count). The summed E-state index contributed by atoms with van der Waals surface area (Å²) < 4.78 is 5.29. The van der Waals surface area contributed by atoms with Crippen molar-refractivity contribution in [3.8, 4) is 0 Å². The van der Waals surface area contributed by atoms with Gasteiger partial charge in [0.05, 0.1) is 11.7 Å². The maximum absolute atomic E-state index is 12.3. The maximum Gasteiger partial charge on any atom is 0.227 e. The molecule has 1 aliphatic carbocycles. The van der Waals surface area contributed by atoms with Crippen LogP contribution in [0.4, 0.5) is 0 Å². The van der Waals surface area contributed by atoms with Crippen LogP contribution in [0, 0.1) is 11.3 Å². The predicted molar refractivity (Wildman–Crippen MR) is 74.5 cm³/mol. The van der Waals surface area contributed by atoms with Crippen molar-refractivity contribution >= 4 is 5.91 Å². The molecule has 19 heavy (non-hydrogen) atoms. The second-order valence-electron chi connectivity index (χ2n) is 5.99. The molecule has 4 nitrogen and oxygen atoms in total. The fourth-order valence-corrected chi connectivity index (χ4v) is 2.98. The summed E-state index contributed by atoms with van der Waals surface area (Å²) >= 11 is 0. The van der Waals surface area contributed by atoms with Gasteiger partial charge in [-0.1, -0.05) is 6.92 Å². The molecule has 1 heterocycles. The normalized spacial score (nSPS) is 27.6. The molecular weight excluding hydrogens is 240 g/mol. The van der Waals surface area contributed by atoms with E-state index in [-0.39, 0.29) is 17.4 Å². The molecule has 0 spiro atoms. The van der Waals surface area contributed by atoms with E-state index in [1.807, 2.05) is 19.1 Å². The lowest BCUT2D eigenvalue weighted by atomic mass is 9.62. The first-order chi connectivity index (χ1) is 9.05. The summed E-state index contributed by atoms with van der Waals surface area (Å²) in [5.74, 6) is 1.71. The second-order valence-corrected chi connectivity index (χ2v) is 5.99. The van der Waals surface area contributed by atoms with Gasteiger partial charge in [0, 0.05) is 19.0 Å². The van der Waals surface area contributed by atoms with Gasteiger partial charge in [0.2, 0.25) is 5.91 Å². The van der Waals surface area contributed by atoms with Crippen LogP contribution in [0.1, 0.15) is 38.9 Å². The van der Waals surface area contributed by atoms with Crippen LogP contribution in [-0.2, 0) is 11.2 Å². The van der Waals surface area contributed by atoms with Gasteiger partial charge in [0.15, 0.2) is 0 Å². The minimum Gasteiger partial charge on any atom is -0.469 e. The standard InChI is InChI=1S/C15H24N2O2/c1-11-8-15(9-11,10-16)14(18)17-12(2)5-6-13-4-3-7-19-13/h3-4,7,11-12H,5-6,8-10,16H2,1-2H3,(H,17,18). The Labute approximate surface area is 114 Å². The Morgan fingerprint density at radius 1 is 1.63 bits per heavy atom. The zero-order chi connectivity index (χ0) is 13.9. The number of hydrogen-bond acceptors (Lipinski definition) is 3. The Hall–Kier alpha value is -1.29. The number of rotatable bonds is 6. The van der Waals surface area contributed by atoms with Crippen LogP contribution in [0.25, 0.3) is 0 Å². The second kappa shape index (κ2) is 5.78. The fourth-order valence-electron chi connectivity index (χ4n) is 2.98. The summed E-state index contributed by atoms with van der Waals surface area (Å²) in [5.41, 5.74) is 5.48. The van der Waals surface area contributed by atoms with Gasteiger partial charge >= 0.3 is 0 Å². The van der Waals surface area contributed by atoms with E-state index in [2.05, 4.69) is 12.2 Å². The van der Waals surface area contributed by atoms with Crippen molar-refractivity contribution < 1.29 is 9.21 Å². The van der Waals surface area contributed by atoms with Crippen LogP contribution in [0.3, 0.4) is 0 Å². The zero-order valence-electron chi connectivity index (χ0n) is 11.8. The molecule has 0 radical (unpaired) electrons. The van der Waals surface area contributed by atoms with Crippen molar-refractivity contribution in [2.45, 2.75) is 45.6 Å². The molecule has 1 aliphatic rings. The van der Waals surface area contributed by atoms with Crippen LogP contribution >= 0.6 is 0 Å².